The first kappa shape index (κ1) is 19.3. The molecule has 0 saturated carbocycles. The zero-order valence-corrected chi connectivity index (χ0v) is 17.3. The molecule has 0 bridgehead atoms. The normalized spacial score (nSPS) is 11.5. The minimum atomic E-state index is -0.0404. The minimum Gasteiger partial charge on any atom is -0.361 e. The third-order valence-electron chi connectivity index (χ3n) is 5.87. The first-order valence-corrected chi connectivity index (χ1v) is 10.7. The summed E-state index contributed by atoms with van der Waals surface area (Å²) in [6.45, 7) is 2.73. The van der Waals surface area contributed by atoms with E-state index in [9.17, 15) is 4.79 Å². The number of pyridine rings is 1. The van der Waals surface area contributed by atoms with Gasteiger partial charge in [-0.2, -0.15) is 0 Å². The molecule has 4 heteroatoms. The van der Waals surface area contributed by atoms with Crippen LogP contribution in [0.1, 0.15) is 16.7 Å². The number of hydrogen-bond donors (Lipinski definition) is 2. The molecule has 5 aromatic rings. The summed E-state index contributed by atoms with van der Waals surface area (Å²) in [5, 5.41) is 2.90. The van der Waals surface area contributed by atoms with Gasteiger partial charge in [-0.15, -0.1) is 0 Å². The maximum Gasteiger partial charge on any atom is 0.255 e. The maximum atomic E-state index is 12.3. The molecule has 0 atom stereocenters. The van der Waals surface area contributed by atoms with Crippen molar-refractivity contribution in [2.75, 3.05) is 6.54 Å². The summed E-state index contributed by atoms with van der Waals surface area (Å²) in [4.78, 5) is 20.9. The predicted molar refractivity (Wildman–Crippen MR) is 127 cm³/mol. The molecule has 2 N–H and O–H groups in total. The average Bonchev–Trinajstić information content (AvgIpc) is 3.23. The lowest BCUT2D eigenvalue weighted by atomic mass is 10.0. The van der Waals surface area contributed by atoms with E-state index in [1.54, 1.807) is 6.20 Å². The molecule has 3 aromatic carbocycles. The van der Waals surface area contributed by atoms with E-state index < -0.39 is 0 Å². The molecular weight excluding hydrogens is 382 g/mol. The van der Waals surface area contributed by atoms with Gasteiger partial charge in [0.15, 0.2) is 0 Å². The van der Waals surface area contributed by atoms with Gasteiger partial charge in [-0.25, -0.2) is 0 Å². The van der Waals surface area contributed by atoms with Crippen LogP contribution in [0.4, 0.5) is 0 Å². The third-order valence-corrected chi connectivity index (χ3v) is 5.87. The lowest BCUT2D eigenvalue weighted by Gasteiger charge is -2.22. The van der Waals surface area contributed by atoms with Crippen molar-refractivity contribution in [1.29, 1.82) is 0 Å². The smallest absolute Gasteiger partial charge is 0.255 e. The van der Waals surface area contributed by atoms with Crippen molar-refractivity contribution in [2.45, 2.75) is 19.5 Å². The molecule has 4 nitrogen and oxygen atoms in total. The van der Waals surface area contributed by atoms with Crippen LogP contribution >= 0.6 is 0 Å². The Labute approximate surface area is 181 Å². The fourth-order valence-corrected chi connectivity index (χ4v) is 4.35. The van der Waals surface area contributed by atoms with Crippen LogP contribution in [0.15, 0.2) is 96.1 Å². The van der Waals surface area contributed by atoms with Gasteiger partial charge in [0.1, 0.15) is 0 Å². The van der Waals surface area contributed by atoms with E-state index in [0.29, 0.717) is 0 Å². The Balaban J connectivity index is 1.44. The van der Waals surface area contributed by atoms with Crippen LogP contribution in [-0.2, 0) is 19.5 Å². The zero-order chi connectivity index (χ0) is 21.0. The summed E-state index contributed by atoms with van der Waals surface area (Å²) in [5.74, 6) is 0. The SMILES string of the molecule is O=c1[nH]ccc2c1ccc1[nH]cc(CCN(Cc3ccccc3)Cc3ccccc3)c12. The monoisotopic (exact) mass is 407 g/mol. The van der Waals surface area contributed by atoms with Crippen molar-refractivity contribution in [3.63, 3.8) is 0 Å². The number of aromatic amines is 2. The molecule has 154 valence electrons. The van der Waals surface area contributed by atoms with Gasteiger partial charge < -0.3 is 9.97 Å². The van der Waals surface area contributed by atoms with Gasteiger partial charge in [-0.05, 0) is 46.7 Å². The second-order valence-corrected chi connectivity index (χ2v) is 8.00. The number of nitrogens with zero attached hydrogens (tertiary/aromatic N) is 1. The lowest BCUT2D eigenvalue weighted by Crippen LogP contribution is -2.25. The second kappa shape index (κ2) is 8.62. The molecule has 0 radical (unpaired) electrons. The third kappa shape index (κ3) is 4.16. The van der Waals surface area contributed by atoms with E-state index in [1.807, 2.05) is 18.2 Å². The van der Waals surface area contributed by atoms with Gasteiger partial charge >= 0.3 is 0 Å². The number of H-pyrrole nitrogens is 2. The molecule has 0 aliphatic heterocycles. The van der Waals surface area contributed by atoms with Crippen LogP contribution in [0, 0.1) is 0 Å². The Hall–Kier alpha value is -3.63. The number of aromatic nitrogens is 2. The van der Waals surface area contributed by atoms with E-state index in [4.69, 9.17) is 0 Å². The molecule has 31 heavy (non-hydrogen) atoms. The first-order chi connectivity index (χ1) is 15.3. The van der Waals surface area contributed by atoms with Gasteiger partial charge in [0.25, 0.3) is 5.56 Å². The van der Waals surface area contributed by atoms with Crippen LogP contribution in [0.2, 0.25) is 0 Å². The molecule has 0 unspecified atom stereocenters. The van der Waals surface area contributed by atoms with Crippen molar-refractivity contribution >= 4 is 21.7 Å². The standard InChI is InChI=1S/C27H25N3O/c31-27-24-11-12-25-26(23(24)13-15-28-27)22(17-29-25)14-16-30(18-20-7-3-1-4-8-20)19-21-9-5-2-6-10-21/h1-13,15,17,29H,14,16,18-19H2,(H,28,31). The Kier molecular flexibility index (Phi) is 5.38. The summed E-state index contributed by atoms with van der Waals surface area (Å²) >= 11 is 0. The second-order valence-electron chi connectivity index (χ2n) is 8.00. The van der Waals surface area contributed by atoms with E-state index >= 15 is 0 Å². The van der Waals surface area contributed by atoms with Crippen molar-refractivity contribution in [2.24, 2.45) is 0 Å². The molecule has 0 saturated heterocycles. The number of fused-ring (bicyclic) bond motifs is 3. The molecule has 0 amide bonds. The summed E-state index contributed by atoms with van der Waals surface area (Å²) < 4.78 is 0. The molecule has 0 aliphatic carbocycles. The molecular formula is C27H25N3O. The number of nitrogens with one attached hydrogen (secondary N) is 2. The van der Waals surface area contributed by atoms with E-state index in [-0.39, 0.29) is 5.56 Å². The van der Waals surface area contributed by atoms with E-state index in [2.05, 4.69) is 81.7 Å². The molecule has 0 fully saturated rings. The van der Waals surface area contributed by atoms with Gasteiger partial charge in [-0.3, -0.25) is 9.69 Å². The highest BCUT2D eigenvalue weighted by Crippen LogP contribution is 2.27. The van der Waals surface area contributed by atoms with Crippen molar-refractivity contribution in [1.82, 2.24) is 14.9 Å². The van der Waals surface area contributed by atoms with Gasteiger partial charge in [0.2, 0.25) is 0 Å². The average molecular weight is 408 g/mol. The topological polar surface area (TPSA) is 51.9 Å². The van der Waals surface area contributed by atoms with Crippen LogP contribution in [0.5, 0.6) is 0 Å². The van der Waals surface area contributed by atoms with Gasteiger partial charge in [-0.1, -0.05) is 60.7 Å². The molecule has 2 heterocycles. The molecule has 0 spiro atoms. The minimum absolute atomic E-state index is 0.0404. The van der Waals surface area contributed by atoms with Gasteiger partial charge in [0, 0.05) is 48.3 Å². The van der Waals surface area contributed by atoms with Gasteiger partial charge in [0.05, 0.1) is 0 Å². The van der Waals surface area contributed by atoms with Crippen molar-refractivity contribution in [3.05, 3.63) is 118 Å². The van der Waals surface area contributed by atoms with E-state index in [1.165, 1.54) is 16.7 Å². The largest absolute Gasteiger partial charge is 0.361 e. The Bertz CT molecular complexity index is 1310. The molecule has 0 aliphatic rings. The summed E-state index contributed by atoms with van der Waals surface area (Å²) in [6.07, 6.45) is 4.73. The van der Waals surface area contributed by atoms with E-state index in [0.717, 1.165) is 47.7 Å². The molecule has 5 rings (SSSR count). The predicted octanol–water partition coefficient (Wildman–Crippen LogP) is 5.25. The fraction of sp³-hybridized carbons (Fsp3) is 0.148. The van der Waals surface area contributed by atoms with Crippen LogP contribution in [0.3, 0.4) is 0 Å². The Morgan fingerprint density at radius 3 is 2.06 bits per heavy atom. The highest BCUT2D eigenvalue weighted by Gasteiger charge is 2.12. The van der Waals surface area contributed by atoms with Crippen LogP contribution < -0.4 is 5.56 Å². The summed E-state index contributed by atoms with van der Waals surface area (Å²) in [7, 11) is 0. The van der Waals surface area contributed by atoms with Crippen molar-refractivity contribution in [3.8, 4) is 0 Å². The summed E-state index contributed by atoms with van der Waals surface area (Å²) in [6, 6.07) is 27.1. The highest BCUT2D eigenvalue weighted by atomic mass is 16.1. The number of benzene rings is 3. The Morgan fingerprint density at radius 2 is 1.39 bits per heavy atom. The first-order valence-electron chi connectivity index (χ1n) is 10.7. The zero-order valence-electron chi connectivity index (χ0n) is 17.3. The fourth-order valence-electron chi connectivity index (χ4n) is 4.35. The number of rotatable bonds is 7. The highest BCUT2D eigenvalue weighted by molar-refractivity contribution is 6.07. The summed E-state index contributed by atoms with van der Waals surface area (Å²) in [5.41, 5.74) is 4.91. The quantitative estimate of drug-likeness (QED) is 0.387. The maximum absolute atomic E-state index is 12.3. The lowest BCUT2D eigenvalue weighted by molar-refractivity contribution is 0.260. The van der Waals surface area contributed by atoms with Crippen molar-refractivity contribution < 1.29 is 0 Å². The molecule has 2 aromatic heterocycles. The van der Waals surface area contributed by atoms with Crippen LogP contribution in [0.25, 0.3) is 21.7 Å². The number of hydrogen-bond acceptors (Lipinski definition) is 2. The van der Waals surface area contributed by atoms with Crippen LogP contribution in [-0.4, -0.2) is 21.4 Å². The Morgan fingerprint density at radius 1 is 0.710 bits per heavy atom.